The van der Waals surface area contributed by atoms with Gasteiger partial charge in [0, 0.05) is 6.04 Å². The molecule has 1 aliphatic rings. The summed E-state index contributed by atoms with van der Waals surface area (Å²) in [5.74, 6) is 0. The minimum absolute atomic E-state index is 0.537. The highest BCUT2D eigenvalue weighted by Crippen LogP contribution is 2.30. The molecule has 11 heavy (non-hydrogen) atoms. The average Bonchev–Trinajstić information content (AvgIpc) is 2.31. The number of fused-ring (bicyclic) bond motifs is 1. The lowest BCUT2D eigenvalue weighted by Crippen LogP contribution is -2.09. The van der Waals surface area contributed by atoms with Gasteiger partial charge in [-0.3, -0.25) is 0 Å². The van der Waals surface area contributed by atoms with Crippen LogP contribution in [0.4, 0.5) is 11.4 Å². The Kier molecular flexibility index (Phi) is 1.28. The summed E-state index contributed by atoms with van der Waals surface area (Å²) in [5, 5.41) is 3.34. The van der Waals surface area contributed by atoms with Crippen LogP contribution in [-0.2, 0) is 6.42 Å². The van der Waals surface area contributed by atoms with Gasteiger partial charge in [-0.15, -0.1) is 0 Å². The Labute approximate surface area is 66.4 Å². The van der Waals surface area contributed by atoms with Crippen molar-refractivity contribution < 1.29 is 0 Å². The van der Waals surface area contributed by atoms with Crippen molar-refractivity contribution >= 4 is 11.4 Å². The molecular weight excluding hydrogens is 136 g/mol. The molecule has 0 bridgehead atoms. The zero-order valence-electron chi connectivity index (χ0n) is 6.59. The normalized spacial score (nSPS) is 21.0. The van der Waals surface area contributed by atoms with E-state index in [0.717, 1.165) is 17.8 Å². The maximum atomic E-state index is 5.77. The molecule has 0 saturated carbocycles. The fraction of sp³-hybridized carbons (Fsp3) is 0.333. The second-order valence-electron chi connectivity index (χ2n) is 3.13. The summed E-state index contributed by atoms with van der Waals surface area (Å²) in [6.07, 6.45) is 1.10. The molecule has 2 heteroatoms. The third-order valence-electron chi connectivity index (χ3n) is 2.10. The number of benzene rings is 1. The van der Waals surface area contributed by atoms with Crippen molar-refractivity contribution in [2.45, 2.75) is 19.4 Å². The van der Waals surface area contributed by atoms with Crippen LogP contribution in [0.25, 0.3) is 0 Å². The Morgan fingerprint density at radius 2 is 2.36 bits per heavy atom. The maximum absolute atomic E-state index is 5.77. The monoisotopic (exact) mass is 148 g/mol. The highest BCUT2D eigenvalue weighted by atomic mass is 15.0. The number of anilines is 2. The number of nitrogens with one attached hydrogen (secondary N) is 1. The smallest absolute Gasteiger partial charge is 0.0609 e. The Morgan fingerprint density at radius 3 is 3.09 bits per heavy atom. The zero-order valence-corrected chi connectivity index (χ0v) is 6.59. The van der Waals surface area contributed by atoms with E-state index < -0.39 is 0 Å². The molecule has 1 aliphatic heterocycles. The van der Waals surface area contributed by atoms with Crippen LogP contribution >= 0.6 is 0 Å². The third-order valence-corrected chi connectivity index (χ3v) is 2.10. The summed E-state index contributed by atoms with van der Waals surface area (Å²) in [6, 6.07) is 6.61. The van der Waals surface area contributed by atoms with E-state index in [0.29, 0.717) is 6.04 Å². The lowest BCUT2D eigenvalue weighted by Gasteiger charge is -2.04. The van der Waals surface area contributed by atoms with Crippen LogP contribution in [0.1, 0.15) is 12.5 Å². The molecule has 0 amide bonds. The van der Waals surface area contributed by atoms with Gasteiger partial charge in [0.25, 0.3) is 0 Å². The summed E-state index contributed by atoms with van der Waals surface area (Å²) in [7, 11) is 0. The first-order chi connectivity index (χ1) is 5.27. The van der Waals surface area contributed by atoms with Gasteiger partial charge >= 0.3 is 0 Å². The van der Waals surface area contributed by atoms with Crippen molar-refractivity contribution in [3.63, 3.8) is 0 Å². The second kappa shape index (κ2) is 2.16. The first kappa shape index (κ1) is 6.53. The number of nitrogens with two attached hydrogens (primary N) is 1. The molecule has 2 rings (SSSR count). The first-order valence-electron chi connectivity index (χ1n) is 3.91. The molecule has 0 spiro atoms. The summed E-state index contributed by atoms with van der Waals surface area (Å²) >= 11 is 0. The minimum atomic E-state index is 0.537. The van der Waals surface area contributed by atoms with E-state index in [9.17, 15) is 0 Å². The largest absolute Gasteiger partial charge is 0.397 e. The molecule has 1 atom stereocenters. The van der Waals surface area contributed by atoms with E-state index in [1.807, 2.05) is 12.1 Å². The molecule has 0 aliphatic carbocycles. The first-order valence-corrected chi connectivity index (χ1v) is 3.91. The number of rotatable bonds is 0. The Balaban J connectivity index is 2.49. The van der Waals surface area contributed by atoms with Crippen molar-refractivity contribution in [3.8, 4) is 0 Å². The van der Waals surface area contributed by atoms with Crippen molar-refractivity contribution in [1.29, 1.82) is 0 Å². The molecule has 2 nitrogen and oxygen atoms in total. The summed E-state index contributed by atoms with van der Waals surface area (Å²) < 4.78 is 0. The summed E-state index contributed by atoms with van der Waals surface area (Å²) in [5.41, 5.74) is 9.12. The number of hydrogen-bond donors (Lipinski definition) is 2. The van der Waals surface area contributed by atoms with Crippen molar-refractivity contribution in [3.05, 3.63) is 23.8 Å². The molecule has 58 valence electrons. The van der Waals surface area contributed by atoms with Crippen LogP contribution in [-0.4, -0.2) is 6.04 Å². The van der Waals surface area contributed by atoms with E-state index in [4.69, 9.17) is 5.73 Å². The van der Waals surface area contributed by atoms with Gasteiger partial charge in [-0.25, -0.2) is 0 Å². The molecule has 0 unspecified atom stereocenters. The molecule has 1 aromatic rings. The van der Waals surface area contributed by atoms with Crippen molar-refractivity contribution in [1.82, 2.24) is 0 Å². The van der Waals surface area contributed by atoms with Crippen molar-refractivity contribution in [2.75, 3.05) is 11.1 Å². The SMILES string of the molecule is C[C@@H]1Cc2cccc(N)c2N1. The van der Waals surface area contributed by atoms with E-state index in [1.54, 1.807) is 0 Å². The molecule has 3 N–H and O–H groups in total. The number of para-hydroxylation sites is 1. The van der Waals surface area contributed by atoms with Gasteiger partial charge in [0.1, 0.15) is 0 Å². The van der Waals surface area contributed by atoms with Gasteiger partial charge < -0.3 is 11.1 Å². The predicted octanol–water partition coefficient (Wildman–Crippen LogP) is 1.63. The fourth-order valence-corrected chi connectivity index (χ4v) is 1.59. The lowest BCUT2D eigenvalue weighted by atomic mass is 10.1. The van der Waals surface area contributed by atoms with Crippen LogP contribution in [0.5, 0.6) is 0 Å². The average molecular weight is 148 g/mol. The highest BCUT2D eigenvalue weighted by molar-refractivity contribution is 5.73. The summed E-state index contributed by atoms with van der Waals surface area (Å²) in [6.45, 7) is 2.17. The molecule has 1 aromatic carbocycles. The molecule has 0 saturated heterocycles. The Hall–Kier alpha value is -1.18. The number of nitrogen functional groups attached to an aromatic ring is 1. The maximum Gasteiger partial charge on any atom is 0.0609 e. The van der Waals surface area contributed by atoms with E-state index >= 15 is 0 Å². The standard InChI is InChI=1S/C9H12N2/c1-6-5-7-3-2-4-8(10)9(7)11-6/h2-4,6,11H,5,10H2,1H3/t6-/m1/s1. The molecule has 0 radical (unpaired) electrons. The van der Waals surface area contributed by atoms with Gasteiger partial charge in [0.2, 0.25) is 0 Å². The van der Waals surface area contributed by atoms with E-state index in [1.165, 1.54) is 5.56 Å². The third kappa shape index (κ3) is 0.946. The molecule has 0 aromatic heterocycles. The lowest BCUT2D eigenvalue weighted by molar-refractivity contribution is 0.839. The minimum Gasteiger partial charge on any atom is -0.397 e. The molecular formula is C9H12N2. The topological polar surface area (TPSA) is 38.0 Å². The molecule has 1 heterocycles. The Morgan fingerprint density at radius 1 is 1.55 bits per heavy atom. The predicted molar refractivity (Wildman–Crippen MR) is 47.6 cm³/mol. The highest BCUT2D eigenvalue weighted by Gasteiger charge is 2.17. The van der Waals surface area contributed by atoms with Gasteiger partial charge in [-0.2, -0.15) is 0 Å². The van der Waals surface area contributed by atoms with Crippen LogP contribution in [0.2, 0.25) is 0 Å². The quantitative estimate of drug-likeness (QED) is 0.549. The van der Waals surface area contributed by atoms with Crippen molar-refractivity contribution in [2.24, 2.45) is 0 Å². The van der Waals surface area contributed by atoms with Crippen LogP contribution in [0.3, 0.4) is 0 Å². The molecule has 0 fully saturated rings. The Bertz CT molecular complexity index is 281. The van der Waals surface area contributed by atoms with Crippen LogP contribution < -0.4 is 11.1 Å². The van der Waals surface area contributed by atoms with Gasteiger partial charge in [-0.05, 0) is 25.0 Å². The van der Waals surface area contributed by atoms with Gasteiger partial charge in [-0.1, -0.05) is 12.1 Å². The van der Waals surface area contributed by atoms with Crippen LogP contribution in [0.15, 0.2) is 18.2 Å². The van der Waals surface area contributed by atoms with E-state index in [-0.39, 0.29) is 0 Å². The van der Waals surface area contributed by atoms with Crippen LogP contribution in [0, 0.1) is 0 Å². The second-order valence-corrected chi connectivity index (χ2v) is 3.13. The number of hydrogen-bond acceptors (Lipinski definition) is 2. The van der Waals surface area contributed by atoms with Gasteiger partial charge in [0.05, 0.1) is 11.4 Å². The van der Waals surface area contributed by atoms with Gasteiger partial charge in [0.15, 0.2) is 0 Å². The van der Waals surface area contributed by atoms with E-state index in [2.05, 4.69) is 18.3 Å². The summed E-state index contributed by atoms with van der Waals surface area (Å²) in [4.78, 5) is 0. The zero-order chi connectivity index (χ0) is 7.84. The fourth-order valence-electron chi connectivity index (χ4n) is 1.59.